The van der Waals surface area contributed by atoms with Gasteiger partial charge in [-0.05, 0) is 30.0 Å². The van der Waals surface area contributed by atoms with Crippen molar-refractivity contribution in [2.24, 2.45) is 0 Å². The van der Waals surface area contributed by atoms with E-state index in [4.69, 9.17) is 4.74 Å². The van der Waals surface area contributed by atoms with Gasteiger partial charge in [-0.1, -0.05) is 18.2 Å². The number of rotatable bonds is 5. The summed E-state index contributed by atoms with van der Waals surface area (Å²) in [5, 5.41) is 4.93. The van der Waals surface area contributed by atoms with E-state index in [0.717, 1.165) is 10.4 Å². The fraction of sp³-hybridized carbons (Fsp3) is 0.350. The van der Waals surface area contributed by atoms with E-state index in [1.165, 1.54) is 18.4 Å². The Morgan fingerprint density at radius 2 is 1.79 bits per heavy atom. The van der Waals surface area contributed by atoms with Gasteiger partial charge in [0.2, 0.25) is 5.91 Å². The molecule has 1 saturated heterocycles. The van der Waals surface area contributed by atoms with Crippen molar-refractivity contribution in [3.63, 3.8) is 0 Å². The number of anilines is 1. The Morgan fingerprint density at radius 1 is 1.07 bits per heavy atom. The summed E-state index contributed by atoms with van der Waals surface area (Å²) >= 11 is 1.42. The molecule has 2 amide bonds. The van der Waals surface area contributed by atoms with Crippen LogP contribution in [-0.4, -0.2) is 67.4 Å². The third-order valence-electron chi connectivity index (χ3n) is 4.74. The van der Waals surface area contributed by atoms with Crippen LogP contribution < -0.4 is 5.32 Å². The van der Waals surface area contributed by atoms with Crippen LogP contribution in [0.15, 0.2) is 35.7 Å². The molecule has 7 nitrogen and oxygen atoms in total. The molecule has 0 atom stereocenters. The predicted octanol–water partition coefficient (Wildman–Crippen LogP) is 2.24. The Labute approximate surface area is 167 Å². The molecular formula is C20H23N3O4S. The summed E-state index contributed by atoms with van der Waals surface area (Å²) in [7, 11) is 1.33. The van der Waals surface area contributed by atoms with Crippen LogP contribution in [0, 0.1) is 6.92 Å². The number of esters is 1. The summed E-state index contributed by atoms with van der Waals surface area (Å²) in [5.41, 5.74) is 1.79. The maximum atomic E-state index is 12.6. The van der Waals surface area contributed by atoms with Crippen LogP contribution >= 0.6 is 11.3 Å². The van der Waals surface area contributed by atoms with E-state index in [2.05, 4.69) is 5.32 Å². The smallest absolute Gasteiger partial charge is 0.340 e. The van der Waals surface area contributed by atoms with Crippen molar-refractivity contribution in [1.29, 1.82) is 0 Å². The van der Waals surface area contributed by atoms with Crippen LogP contribution in [0.3, 0.4) is 0 Å². The molecular weight excluding hydrogens is 378 g/mol. The van der Waals surface area contributed by atoms with Gasteiger partial charge in [0.05, 0.1) is 24.1 Å². The van der Waals surface area contributed by atoms with E-state index < -0.39 is 5.97 Å². The molecule has 0 bridgehead atoms. The van der Waals surface area contributed by atoms with E-state index in [1.807, 2.05) is 36.6 Å². The summed E-state index contributed by atoms with van der Waals surface area (Å²) in [4.78, 5) is 41.2. The molecule has 1 aliphatic rings. The number of benzene rings is 1. The lowest BCUT2D eigenvalue weighted by atomic mass is 10.1. The van der Waals surface area contributed by atoms with Crippen LogP contribution in [0.25, 0.3) is 0 Å². The second kappa shape index (κ2) is 8.88. The first kappa shape index (κ1) is 19.9. The zero-order valence-electron chi connectivity index (χ0n) is 15.9. The molecule has 1 aliphatic heterocycles. The second-order valence-corrected chi connectivity index (χ2v) is 7.44. The second-order valence-electron chi connectivity index (χ2n) is 6.49. The van der Waals surface area contributed by atoms with Gasteiger partial charge in [-0.15, -0.1) is 11.3 Å². The standard InChI is InChI=1S/C20H23N3O4S/c1-14-5-3-6-15(18(14)20(26)27-2)21-13-17(24)22-8-10-23(11-9-22)19(25)16-7-4-12-28-16/h3-7,12,21H,8-11,13H2,1-2H3. The third-order valence-corrected chi connectivity index (χ3v) is 5.60. The SMILES string of the molecule is COC(=O)c1c(C)cccc1NCC(=O)N1CCN(C(=O)c2cccs2)CC1. The van der Waals surface area contributed by atoms with Crippen molar-refractivity contribution < 1.29 is 19.1 Å². The van der Waals surface area contributed by atoms with Gasteiger partial charge in [0.15, 0.2) is 0 Å². The van der Waals surface area contributed by atoms with Crippen LogP contribution in [0.2, 0.25) is 0 Å². The monoisotopic (exact) mass is 401 g/mol. The summed E-state index contributed by atoms with van der Waals surface area (Å²) in [6.45, 7) is 3.92. The topological polar surface area (TPSA) is 79.0 Å². The van der Waals surface area contributed by atoms with E-state index in [9.17, 15) is 14.4 Å². The summed E-state index contributed by atoms with van der Waals surface area (Å²) in [6, 6.07) is 9.07. The van der Waals surface area contributed by atoms with Crippen LogP contribution in [0.4, 0.5) is 5.69 Å². The van der Waals surface area contributed by atoms with Gasteiger partial charge in [0.1, 0.15) is 0 Å². The first-order valence-corrected chi connectivity index (χ1v) is 9.91. The minimum Gasteiger partial charge on any atom is -0.465 e. The third kappa shape index (κ3) is 4.33. The number of hydrogen-bond acceptors (Lipinski definition) is 6. The Balaban J connectivity index is 1.55. The number of nitrogens with zero attached hydrogens (tertiary/aromatic N) is 2. The molecule has 2 aromatic rings. The normalized spacial score (nSPS) is 13.9. The maximum Gasteiger partial charge on any atom is 0.340 e. The molecule has 8 heteroatoms. The highest BCUT2D eigenvalue weighted by molar-refractivity contribution is 7.12. The van der Waals surface area contributed by atoms with Gasteiger partial charge in [-0.2, -0.15) is 0 Å². The first-order chi connectivity index (χ1) is 13.5. The first-order valence-electron chi connectivity index (χ1n) is 9.03. The lowest BCUT2D eigenvalue weighted by Crippen LogP contribution is -2.51. The average Bonchev–Trinajstić information content (AvgIpc) is 3.26. The Kier molecular flexibility index (Phi) is 6.30. The fourth-order valence-corrected chi connectivity index (χ4v) is 3.88. The number of ether oxygens (including phenoxy) is 1. The number of thiophene rings is 1. The van der Waals surface area contributed by atoms with E-state index >= 15 is 0 Å². The molecule has 1 N–H and O–H groups in total. The molecule has 3 rings (SSSR count). The molecule has 1 fully saturated rings. The van der Waals surface area contributed by atoms with Crippen molar-refractivity contribution in [2.75, 3.05) is 45.2 Å². The lowest BCUT2D eigenvalue weighted by molar-refractivity contribution is -0.130. The molecule has 1 aromatic carbocycles. The highest BCUT2D eigenvalue weighted by Crippen LogP contribution is 2.20. The summed E-state index contributed by atoms with van der Waals surface area (Å²) in [5.74, 6) is -0.489. The lowest BCUT2D eigenvalue weighted by Gasteiger charge is -2.34. The predicted molar refractivity (Wildman–Crippen MR) is 108 cm³/mol. The van der Waals surface area contributed by atoms with Crippen molar-refractivity contribution in [1.82, 2.24) is 9.80 Å². The van der Waals surface area contributed by atoms with Gasteiger partial charge in [-0.3, -0.25) is 9.59 Å². The minimum atomic E-state index is -0.436. The van der Waals surface area contributed by atoms with Gasteiger partial charge < -0.3 is 19.9 Å². The molecule has 0 unspecified atom stereocenters. The largest absolute Gasteiger partial charge is 0.465 e. The summed E-state index contributed by atoms with van der Waals surface area (Å²) < 4.78 is 4.83. The number of nitrogens with one attached hydrogen (secondary N) is 1. The quantitative estimate of drug-likeness (QED) is 0.778. The molecule has 0 aliphatic carbocycles. The zero-order chi connectivity index (χ0) is 20.1. The summed E-state index contributed by atoms with van der Waals surface area (Å²) in [6.07, 6.45) is 0. The Hall–Kier alpha value is -2.87. The number of methoxy groups -OCH3 is 1. The van der Waals surface area contributed by atoms with Crippen LogP contribution in [0.5, 0.6) is 0 Å². The highest BCUT2D eigenvalue weighted by atomic mass is 32.1. The number of hydrogen-bond donors (Lipinski definition) is 1. The number of aryl methyl sites for hydroxylation is 1. The molecule has 0 radical (unpaired) electrons. The minimum absolute atomic E-state index is 0.0164. The van der Waals surface area contributed by atoms with Crippen molar-refractivity contribution >= 4 is 34.8 Å². The number of carbonyl (C=O) groups is 3. The highest BCUT2D eigenvalue weighted by Gasteiger charge is 2.25. The molecule has 0 spiro atoms. The average molecular weight is 401 g/mol. The van der Waals surface area contributed by atoms with Gasteiger partial charge >= 0.3 is 5.97 Å². The van der Waals surface area contributed by atoms with Crippen LogP contribution in [0.1, 0.15) is 25.6 Å². The number of carbonyl (C=O) groups excluding carboxylic acids is 3. The molecule has 0 saturated carbocycles. The molecule has 148 valence electrons. The van der Waals surface area contributed by atoms with Crippen molar-refractivity contribution in [2.45, 2.75) is 6.92 Å². The number of piperazine rings is 1. The van der Waals surface area contributed by atoms with Crippen molar-refractivity contribution in [3.05, 3.63) is 51.7 Å². The number of amides is 2. The van der Waals surface area contributed by atoms with E-state index in [1.54, 1.807) is 15.9 Å². The van der Waals surface area contributed by atoms with Crippen molar-refractivity contribution in [3.8, 4) is 0 Å². The molecule has 28 heavy (non-hydrogen) atoms. The molecule has 2 heterocycles. The Bertz CT molecular complexity index is 858. The van der Waals surface area contributed by atoms with E-state index in [0.29, 0.717) is 37.4 Å². The van der Waals surface area contributed by atoms with Gasteiger partial charge in [-0.25, -0.2) is 4.79 Å². The van der Waals surface area contributed by atoms with Gasteiger partial charge in [0.25, 0.3) is 5.91 Å². The maximum absolute atomic E-state index is 12.6. The fourth-order valence-electron chi connectivity index (χ4n) is 3.19. The van der Waals surface area contributed by atoms with Crippen LogP contribution in [-0.2, 0) is 9.53 Å². The zero-order valence-corrected chi connectivity index (χ0v) is 16.8. The molecule has 1 aromatic heterocycles. The van der Waals surface area contributed by atoms with E-state index in [-0.39, 0.29) is 18.4 Å². The van der Waals surface area contributed by atoms with Gasteiger partial charge in [0, 0.05) is 31.9 Å². The Morgan fingerprint density at radius 3 is 2.43 bits per heavy atom.